The first-order chi connectivity index (χ1) is 39.3. The third-order valence-corrected chi connectivity index (χ3v) is 16.0. The van der Waals surface area contributed by atoms with E-state index in [1.807, 2.05) is 19.1 Å². The summed E-state index contributed by atoms with van der Waals surface area (Å²) in [5.74, 6) is -0.290. The summed E-state index contributed by atoms with van der Waals surface area (Å²) in [4.78, 5) is 13.3. The van der Waals surface area contributed by atoms with E-state index in [0.29, 0.717) is 12.8 Å². The number of amides is 1. The maximum Gasteiger partial charge on any atom is 0.220 e. The Hall–Kier alpha value is -1.99. The van der Waals surface area contributed by atoms with Crippen molar-refractivity contribution in [1.82, 2.24) is 5.32 Å². The Kier molecular flexibility index (Phi) is 41.0. The molecule has 3 rings (SSSR count). The molecule has 3 fully saturated rings. The van der Waals surface area contributed by atoms with Crippen LogP contribution in [0.1, 0.15) is 219 Å². The summed E-state index contributed by atoms with van der Waals surface area (Å²) in [6.07, 6.45) is 23.4. The zero-order valence-corrected chi connectivity index (χ0v) is 49.5. The van der Waals surface area contributed by atoms with Crippen LogP contribution in [0, 0.1) is 0 Å². The van der Waals surface area contributed by atoms with Gasteiger partial charge >= 0.3 is 0 Å². The van der Waals surface area contributed by atoms with Gasteiger partial charge in [-0.15, -0.1) is 0 Å². The molecule has 81 heavy (non-hydrogen) atoms. The van der Waals surface area contributed by atoms with Crippen LogP contribution in [-0.2, 0) is 33.2 Å². The molecule has 1 amide bonds. The van der Waals surface area contributed by atoms with E-state index in [1.54, 1.807) is 6.08 Å². The van der Waals surface area contributed by atoms with Crippen LogP contribution in [0.4, 0.5) is 0 Å². The van der Waals surface area contributed by atoms with Crippen molar-refractivity contribution in [3.8, 4) is 0 Å². The lowest BCUT2D eigenvalue weighted by Crippen LogP contribution is -2.66. The Morgan fingerprint density at radius 2 is 0.815 bits per heavy atom. The fourth-order valence-corrected chi connectivity index (χ4v) is 10.8. The average molecular weight is 1160 g/mol. The minimum absolute atomic E-state index is 0.235. The molecule has 3 saturated heterocycles. The summed E-state index contributed by atoms with van der Waals surface area (Å²) in [7, 11) is 0. The van der Waals surface area contributed by atoms with Crippen LogP contribution < -0.4 is 5.32 Å². The molecule has 19 nitrogen and oxygen atoms in total. The second-order valence-corrected chi connectivity index (χ2v) is 22.9. The van der Waals surface area contributed by atoms with Gasteiger partial charge in [-0.3, -0.25) is 4.79 Å². The van der Waals surface area contributed by atoms with E-state index in [-0.39, 0.29) is 18.9 Å². The summed E-state index contributed by atoms with van der Waals surface area (Å²) < 4.78 is 34.2. The van der Waals surface area contributed by atoms with Crippen molar-refractivity contribution in [1.29, 1.82) is 0 Å². The van der Waals surface area contributed by atoms with E-state index in [9.17, 15) is 61.0 Å². The zero-order chi connectivity index (χ0) is 59.0. The van der Waals surface area contributed by atoms with Gasteiger partial charge < -0.3 is 89.9 Å². The lowest BCUT2D eigenvalue weighted by Gasteiger charge is -2.48. The molecule has 3 aliphatic heterocycles. The first-order valence-corrected chi connectivity index (χ1v) is 31.7. The molecule has 12 N–H and O–H groups in total. The summed E-state index contributed by atoms with van der Waals surface area (Å²) in [5.41, 5.74) is 0. The van der Waals surface area contributed by atoms with Gasteiger partial charge in [-0.25, -0.2) is 0 Å². The largest absolute Gasteiger partial charge is 0.394 e. The summed E-state index contributed by atoms with van der Waals surface area (Å²) in [6.45, 7) is 1.46. The number of carbonyl (C=O) groups excluding carboxylic acids is 1. The quantitative estimate of drug-likeness (QED) is 0.0229. The molecule has 0 aromatic carbocycles. The van der Waals surface area contributed by atoms with Gasteiger partial charge in [0, 0.05) is 6.42 Å². The van der Waals surface area contributed by atoms with Crippen molar-refractivity contribution in [3.63, 3.8) is 0 Å². The zero-order valence-electron chi connectivity index (χ0n) is 49.5. The SMILES string of the molecule is C/C=C/CC/C=C/CC/C=C/C(O)C(COC1OC(CO)C(OC2OC(CO)C(OC3OC(CO)C(O)C(O)C3O)C(O)C2O)C(O)C1O)NC(=O)CCCCCCCCCCCCCCCCCCCCCCCCCCCCC. The number of aliphatic hydroxyl groups excluding tert-OH is 11. The van der Waals surface area contributed by atoms with E-state index in [4.69, 9.17) is 28.4 Å². The predicted molar refractivity (Wildman–Crippen MR) is 309 cm³/mol. The highest BCUT2D eigenvalue weighted by Crippen LogP contribution is 2.33. The van der Waals surface area contributed by atoms with Crippen molar-refractivity contribution in [2.45, 2.75) is 324 Å². The average Bonchev–Trinajstić information content (AvgIpc) is 3.55. The van der Waals surface area contributed by atoms with Crippen molar-refractivity contribution >= 4 is 5.91 Å². The van der Waals surface area contributed by atoms with Gasteiger partial charge in [0.25, 0.3) is 0 Å². The Morgan fingerprint density at radius 1 is 0.457 bits per heavy atom. The van der Waals surface area contributed by atoms with Gasteiger partial charge in [0.2, 0.25) is 5.91 Å². The Bertz CT molecular complexity index is 1620. The molecule has 0 saturated carbocycles. The molecule has 474 valence electrons. The van der Waals surface area contributed by atoms with Gasteiger partial charge in [-0.1, -0.05) is 210 Å². The van der Waals surface area contributed by atoms with Crippen LogP contribution in [0.2, 0.25) is 0 Å². The standard InChI is InChI=1S/C62H113NO18/c1-3-5-7-9-11-13-14-15-16-17-18-19-20-21-22-23-24-25-26-27-28-29-30-32-34-36-38-40-50(68)63-45(46(67)39-37-35-33-31-12-10-8-6-4-2)44-76-60-56(74)53(71)58(48(42-65)78-60)81-62-57(75)54(72)59(49(43-66)79-62)80-61-55(73)52(70)51(69)47(41-64)77-61/h4,6,12,31,37,39,45-49,51-62,64-67,69-75H,3,5,7-11,13-30,32-36,38,40-44H2,1-2H3,(H,63,68)/b6-4+,31-12+,39-37+. The third-order valence-electron chi connectivity index (χ3n) is 16.0. The molecule has 17 unspecified atom stereocenters. The lowest BCUT2D eigenvalue weighted by molar-refractivity contribution is -0.379. The van der Waals surface area contributed by atoms with Crippen LogP contribution in [0.5, 0.6) is 0 Å². The number of aliphatic hydroxyl groups is 11. The number of hydrogen-bond acceptors (Lipinski definition) is 18. The predicted octanol–water partition coefficient (Wildman–Crippen LogP) is 6.49. The number of ether oxygens (including phenoxy) is 6. The number of carbonyl (C=O) groups is 1. The van der Waals surface area contributed by atoms with E-state index in [1.165, 1.54) is 148 Å². The van der Waals surface area contributed by atoms with E-state index in [2.05, 4.69) is 30.5 Å². The topological polar surface area (TPSA) is 307 Å². The number of unbranched alkanes of at least 4 members (excludes halogenated alkanes) is 28. The second kappa shape index (κ2) is 45.3. The Morgan fingerprint density at radius 3 is 1.23 bits per heavy atom. The van der Waals surface area contributed by atoms with Gasteiger partial charge in [0.05, 0.1) is 38.6 Å². The van der Waals surface area contributed by atoms with Crippen LogP contribution >= 0.6 is 0 Å². The maximum absolute atomic E-state index is 13.3. The van der Waals surface area contributed by atoms with Gasteiger partial charge in [-0.2, -0.15) is 0 Å². The lowest BCUT2D eigenvalue weighted by atomic mass is 9.96. The van der Waals surface area contributed by atoms with E-state index >= 15 is 0 Å². The van der Waals surface area contributed by atoms with Crippen molar-refractivity contribution in [3.05, 3.63) is 36.5 Å². The van der Waals surface area contributed by atoms with Crippen molar-refractivity contribution in [2.75, 3.05) is 26.4 Å². The highest BCUT2D eigenvalue weighted by molar-refractivity contribution is 5.76. The molecule has 0 aliphatic carbocycles. The molecule has 3 heterocycles. The number of rotatable bonds is 47. The van der Waals surface area contributed by atoms with Crippen LogP contribution in [0.15, 0.2) is 36.5 Å². The van der Waals surface area contributed by atoms with Gasteiger partial charge in [0.1, 0.15) is 73.2 Å². The molecule has 0 spiro atoms. The monoisotopic (exact) mass is 1160 g/mol. The molecule has 0 radical (unpaired) electrons. The van der Waals surface area contributed by atoms with Gasteiger partial charge in [0.15, 0.2) is 18.9 Å². The van der Waals surface area contributed by atoms with E-state index in [0.717, 1.165) is 38.5 Å². The highest BCUT2D eigenvalue weighted by atomic mass is 16.8. The minimum atomic E-state index is -1.98. The van der Waals surface area contributed by atoms with Crippen LogP contribution in [0.3, 0.4) is 0 Å². The fourth-order valence-electron chi connectivity index (χ4n) is 10.8. The molecule has 19 heteroatoms. The second-order valence-electron chi connectivity index (χ2n) is 22.9. The molecular formula is C62H113NO18. The Labute approximate surface area is 485 Å². The molecule has 0 bridgehead atoms. The third kappa shape index (κ3) is 28.8. The highest BCUT2D eigenvalue weighted by Gasteiger charge is 2.53. The molecular weight excluding hydrogens is 1050 g/mol. The molecule has 0 aromatic heterocycles. The molecule has 0 aromatic rings. The van der Waals surface area contributed by atoms with Gasteiger partial charge in [-0.05, 0) is 39.0 Å². The number of allylic oxidation sites excluding steroid dienone is 5. The minimum Gasteiger partial charge on any atom is -0.394 e. The first kappa shape index (κ1) is 73.3. The summed E-state index contributed by atoms with van der Waals surface area (Å²) in [5, 5.41) is 120. The molecule has 17 atom stereocenters. The normalized spacial score (nSPS) is 30.0. The summed E-state index contributed by atoms with van der Waals surface area (Å²) >= 11 is 0. The van der Waals surface area contributed by atoms with Crippen molar-refractivity contribution in [2.24, 2.45) is 0 Å². The summed E-state index contributed by atoms with van der Waals surface area (Å²) in [6, 6.07) is -0.991. The van der Waals surface area contributed by atoms with Crippen LogP contribution in [-0.4, -0.2) is 193 Å². The Balaban J connectivity index is 1.38. The first-order valence-electron chi connectivity index (χ1n) is 31.7. The smallest absolute Gasteiger partial charge is 0.220 e. The van der Waals surface area contributed by atoms with E-state index < -0.39 is 124 Å². The maximum atomic E-state index is 13.3. The van der Waals surface area contributed by atoms with Crippen LogP contribution in [0.25, 0.3) is 0 Å². The van der Waals surface area contributed by atoms with Crippen molar-refractivity contribution < 1.29 is 89.4 Å². The number of hydrogen-bond donors (Lipinski definition) is 12. The fraction of sp³-hybridized carbons (Fsp3) is 0.887. The number of nitrogens with one attached hydrogen (secondary N) is 1. The molecule has 3 aliphatic rings.